The fourth-order valence-electron chi connectivity index (χ4n) is 2.17. The molecule has 1 rings (SSSR count). The molecule has 0 heterocycles. The minimum atomic E-state index is 0.252. The molecule has 0 atom stereocenters. The van der Waals surface area contributed by atoms with Crippen LogP contribution < -0.4 is 0 Å². The van der Waals surface area contributed by atoms with E-state index in [0.29, 0.717) is 0 Å². The van der Waals surface area contributed by atoms with Gasteiger partial charge in [-0.1, -0.05) is 44.9 Å². The predicted octanol–water partition coefficient (Wildman–Crippen LogP) is 3.91. The second kappa shape index (κ2) is 8.30. The molecule has 0 amide bonds. The van der Waals surface area contributed by atoms with Gasteiger partial charge in [0.25, 0.3) is 0 Å². The zero-order chi connectivity index (χ0) is 12.5. The van der Waals surface area contributed by atoms with E-state index in [9.17, 15) is 0 Å². The highest BCUT2D eigenvalue weighted by Crippen LogP contribution is 2.17. The molecule has 1 nitrogen and oxygen atoms in total. The Balaban J connectivity index is 2.78. The lowest BCUT2D eigenvalue weighted by Crippen LogP contribution is -1.99. The van der Waals surface area contributed by atoms with Crippen molar-refractivity contribution in [3.8, 4) is 0 Å². The van der Waals surface area contributed by atoms with E-state index in [4.69, 9.17) is 5.11 Å². The van der Waals surface area contributed by atoms with Gasteiger partial charge >= 0.3 is 0 Å². The summed E-state index contributed by atoms with van der Waals surface area (Å²) < 4.78 is 0. The van der Waals surface area contributed by atoms with Crippen LogP contribution in [0.1, 0.15) is 56.2 Å². The van der Waals surface area contributed by atoms with Gasteiger partial charge in [0.05, 0.1) is 0 Å². The fourth-order valence-corrected chi connectivity index (χ4v) is 2.17. The highest BCUT2D eigenvalue weighted by Gasteiger charge is 2.03. The van der Waals surface area contributed by atoms with Gasteiger partial charge in [-0.25, -0.2) is 0 Å². The van der Waals surface area contributed by atoms with Crippen molar-refractivity contribution in [2.24, 2.45) is 0 Å². The Morgan fingerprint density at radius 1 is 0.882 bits per heavy atom. The summed E-state index contributed by atoms with van der Waals surface area (Å²) in [6, 6.07) is 6.75. The highest BCUT2D eigenvalue weighted by atomic mass is 16.2. The van der Waals surface area contributed by atoms with Crippen LogP contribution in [-0.4, -0.2) is 11.7 Å². The number of hydrogen-bond acceptors (Lipinski definition) is 1. The number of benzene rings is 1. The summed E-state index contributed by atoms with van der Waals surface area (Å²) in [7, 11) is 0. The molecule has 1 heteroatoms. The summed E-state index contributed by atoms with van der Waals surface area (Å²) >= 11 is 0. The van der Waals surface area contributed by atoms with E-state index in [-0.39, 0.29) is 6.61 Å². The third kappa shape index (κ3) is 4.91. The summed E-state index contributed by atoms with van der Waals surface area (Å²) in [6.07, 6.45) is 8.22. The van der Waals surface area contributed by atoms with Crippen LogP contribution in [-0.2, 0) is 19.3 Å². The third-order valence-corrected chi connectivity index (χ3v) is 3.27. The van der Waals surface area contributed by atoms with Crippen LogP contribution in [0.15, 0.2) is 18.2 Å². The molecule has 1 aromatic carbocycles. The van der Waals surface area contributed by atoms with Gasteiger partial charge in [0.1, 0.15) is 0 Å². The minimum Gasteiger partial charge on any atom is -0.396 e. The van der Waals surface area contributed by atoms with Crippen LogP contribution in [0, 0.1) is 0 Å². The van der Waals surface area contributed by atoms with Crippen molar-refractivity contribution >= 4 is 0 Å². The fraction of sp³-hybridized carbons (Fsp3) is 0.625. The molecule has 96 valence electrons. The zero-order valence-electron chi connectivity index (χ0n) is 11.3. The molecular weight excluding hydrogens is 208 g/mol. The summed E-state index contributed by atoms with van der Waals surface area (Å²) in [5.41, 5.74) is 4.30. The number of rotatable bonds is 8. The van der Waals surface area contributed by atoms with Gasteiger partial charge in [-0.3, -0.25) is 0 Å². The lowest BCUT2D eigenvalue weighted by molar-refractivity contribution is 0.299. The first-order valence-electron chi connectivity index (χ1n) is 7.03. The van der Waals surface area contributed by atoms with E-state index in [2.05, 4.69) is 32.0 Å². The largest absolute Gasteiger partial charge is 0.396 e. The molecule has 0 radical (unpaired) electrons. The van der Waals surface area contributed by atoms with Gasteiger partial charge in [-0.05, 0) is 48.8 Å². The first-order chi connectivity index (χ1) is 8.31. The van der Waals surface area contributed by atoms with E-state index >= 15 is 0 Å². The first-order valence-corrected chi connectivity index (χ1v) is 7.03. The standard InChI is InChI=1S/C16H26O/c1-3-5-7-15-10-9-14(11-12-17)13-16(15)8-6-4-2/h9-10,13,17H,3-8,11-12H2,1-2H3. The Labute approximate surface area is 106 Å². The normalized spacial score (nSPS) is 10.8. The van der Waals surface area contributed by atoms with Gasteiger partial charge in [0.2, 0.25) is 0 Å². The van der Waals surface area contributed by atoms with Gasteiger partial charge in [-0.15, -0.1) is 0 Å². The Kier molecular flexibility index (Phi) is 6.95. The van der Waals surface area contributed by atoms with E-state index in [1.807, 2.05) is 0 Å². The quantitative estimate of drug-likeness (QED) is 0.723. The van der Waals surface area contributed by atoms with Crippen molar-refractivity contribution in [2.75, 3.05) is 6.61 Å². The predicted molar refractivity (Wildman–Crippen MR) is 74.5 cm³/mol. The number of hydrogen-bond donors (Lipinski definition) is 1. The average molecular weight is 234 g/mol. The van der Waals surface area contributed by atoms with Crippen LogP contribution in [0.2, 0.25) is 0 Å². The molecule has 0 aliphatic rings. The maximum atomic E-state index is 9.00. The Bertz CT molecular complexity index is 317. The smallest absolute Gasteiger partial charge is 0.0471 e. The first kappa shape index (κ1) is 14.2. The number of aryl methyl sites for hydroxylation is 2. The molecule has 0 aromatic heterocycles. The van der Waals surface area contributed by atoms with Crippen LogP contribution in [0.5, 0.6) is 0 Å². The maximum Gasteiger partial charge on any atom is 0.0471 e. The van der Waals surface area contributed by atoms with Crippen molar-refractivity contribution < 1.29 is 5.11 Å². The summed E-state index contributed by atoms with van der Waals surface area (Å²) in [6.45, 7) is 4.73. The molecule has 0 unspecified atom stereocenters. The number of aliphatic hydroxyl groups excluding tert-OH is 1. The van der Waals surface area contributed by atoms with Gasteiger partial charge in [0.15, 0.2) is 0 Å². The second-order valence-electron chi connectivity index (χ2n) is 4.78. The lowest BCUT2D eigenvalue weighted by Gasteiger charge is -2.11. The number of aliphatic hydroxyl groups is 1. The lowest BCUT2D eigenvalue weighted by atomic mass is 9.95. The van der Waals surface area contributed by atoms with Crippen molar-refractivity contribution in [3.05, 3.63) is 34.9 Å². The van der Waals surface area contributed by atoms with Crippen LogP contribution in [0.3, 0.4) is 0 Å². The monoisotopic (exact) mass is 234 g/mol. The zero-order valence-corrected chi connectivity index (χ0v) is 11.3. The topological polar surface area (TPSA) is 20.2 Å². The van der Waals surface area contributed by atoms with Crippen LogP contribution >= 0.6 is 0 Å². The van der Waals surface area contributed by atoms with E-state index < -0.39 is 0 Å². The van der Waals surface area contributed by atoms with Gasteiger partial charge < -0.3 is 5.11 Å². The maximum absolute atomic E-state index is 9.00. The molecule has 1 N–H and O–H groups in total. The molecular formula is C16H26O. The minimum absolute atomic E-state index is 0.252. The Hall–Kier alpha value is -0.820. The second-order valence-corrected chi connectivity index (χ2v) is 4.78. The van der Waals surface area contributed by atoms with E-state index in [1.165, 1.54) is 55.2 Å². The molecule has 0 bridgehead atoms. The molecule has 0 saturated carbocycles. The van der Waals surface area contributed by atoms with E-state index in [0.717, 1.165) is 6.42 Å². The third-order valence-electron chi connectivity index (χ3n) is 3.27. The summed E-state index contributed by atoms with van der Waals surface area (Å²) in [5.74, 6) is 0. The molecule has 0 aliphatic carbocycles. The van der Waals surface area contributed by atoms with Crippen molar-refractivity contribution in [3.63, 3.8) is 0 Å². The van der Waals surface area contributed by atoms with Crippen LogP contribution in [0.25, 0.3) is 0 Å². The Morgan fingerprint density at radius 2 is 1.53 bits per heavy atom. The van der Waals surface area contributed by atoms with Crippen molar-refractivity contribution in [1.82, 2.24) is 0 Å². The van der Waals surface area contributed by atoms with Gasteiger partial charge in [0, 0.05) is 6.61 Å². The highest BCUT2D eigenvalue weighted by molar-refractivity contribution is 5.32. The van der Waals surface area contributed by atoms with Crippen LogP contribution in [0.4, 0.5) is 0 Å². The van der Waals surface area contributed by atoms with Crippen molar-refractivity contribution in [2.45, 2.75) is 58.8 Å². The molecule has 0 fully saturated rings. The molecule has 17 heavy (non-hydrogen) atoms. The molecule has 0 aliphatic heterocycles. The Morgan fingerprint density at radius 3 is 2.12 bits per heavy atom. The molecule has 0 saturated heterocycles. The molecule has 1 aromatic rings. The van der Waals surface area contributed by atoms with Crippen molar-refractivity contribution in [1.29, 1.82) is 0 Å². The summed E-state index contributed by atoms with van der Waals surface area (Å²) in [5, 5.41) is 9.00. The number of unbranched alkanes of at least 4 members (excludes halogenated alkanes) is 2. The van der Waals surface area contributed by atoms with Gasteiger partial charge in [-0.2, -0.15) is 0 Å². The van der Waals surface area contributed by atoms with E-state index in [1.54, 1.807) is 0 Å². The summed E-state index contributed by atoms with van der Waals surface area (Å²) in [4.78, 5) is 0. The molecule has 0 spiro atoms. The SMILES string of the molecule is CCCCc1ccc(CCO)cc1CCCC. The average Bonchev–Trinajstić information content (AvgIpc) is 2.35.